The van der Waals surface area contributed by atoms with Gasteiger partial charge in [-0.15, -0.1) is 0 Å². The largest absolute Gasteiger partial charge is 0.379 e. The van der Waals surface area contributed by atoms with Crippen molar-refractivity contribution in [1.82, 2.24) is 10.2 Å². The number of hydrogen-bond donors (Lipinski definition) is 1. The lowest BCUT2D eigenvalue weighted by Crippen LogP contribution is -2.48. The van der Waals surface area contributed by atoms with Crippen molar-refractivity contribution in [2.24, 2.45) is 0 Å². The Kier molecular flexibility index (Phi) is 10.5. The van der Waals surface area contributed by atoms with Gasteiger partial charge in [-0.1, -0.05) is 54.1 Å². The first-order valence-electron chi connectivity index (χ1n) is 10.8. The quantitative estimate of drug-likeness (QED) is 0.486. The van der Waals surface area contributed by atoms with Crippen molar-refractivity contribution in [3.63, 3.8) is 0 Å². The molecule has 0 fully saturated rings. The molecule has 0 unspecified atom stereocenters. The van der Waals surface area contributed by atoms with E-state index in [1.165, 1.54) is 0 Å². The maximum Gasteiger partial charge on any atom is 0.242 e. The average Bonchev–Trinajstić information content (AvgIpc) is 2.76. The molecule has 2 aromatic carbocycles. The Balaban J connectivity index is 2.00. The fraction of sp³-hybridized carbons (Fsp3) is 0.440. The highest BCUT2D eigenvalue weighted by molar-refractivity contribution is 6.30. The molecule has 0 aromatic heterocycles. The van der Waals surface area contributed by atoms with E-state index in [9.17, 15) is 9.59 Å². The van der Waals surface area contributed by atoms with Crippen LogP contribution >= 0.6 is 11.6 Å². The number of nitrogens with zero attached hydrogens (tertiary/aromatic N) is 1. The molecule has 0 saturated carbocycles. The molecule has 2 rings (SSSR count). The first-order valence-corrected chi connectivity index (χ1v) is 11.2. The molecule has 1 N–H and O–H groups in total. The van der Waals surface area contributed by atoms with E-state index in [0.29, 0.717) is 37.6 Å². The second-order valence-corrected chi connectivity index (χ2v) is 8.31. The van der Waals surface area contributed by atoms with Gasteiger partial charge in [-0.3, -0.25) is 9.59 Å². The van der Waals surface area contributed by atoms with Gasteiger partial charge in [0.2, 0.25) is 11.8 Å². The molecule has 0 bridgehead atoms. The molecular weight excluding hydrogens is 412 g/mol. The molecule has 0 heterocycles. The van der Waals surface area contributed by atoms with Gasteiger partial charge in [0.15, 0.2) is 0 Å². The number of nitrogens with one attached hydrogen (secondary N) is 1. The summed E-state index contributed by atoms with van der Waals surface area (Å²) in [7, 11) is 0. The normalized spacial score (nSPS) is 11.9. The molecule has 0 saturated heterocycles. The van der Waals surface area contributed by atoms with Crippen molar-refractivity contribution in [3.8, 4) is 0 Å². The first kappa shape index (κ1) is 24.9. The van der Waals surface area contributed by atoms with Gasteiger partial charge in [-0.25, -0.2) is 0 Å². The van der Waals surface area contributed by atoms with E-state index in [2.05, 4.69) is 5.32 Å². The van der Waals surface area contributed by atoms with Gasteiger partial charge in [0.25, 0.3) is 0 Å². The molecule has 0 aliphatic rings. The third-order valence-electron chi connectivity index (χ3n) is 4.98. The Morgan fingerprint density at radius 2 is 1.68 bits per heavy atom. The van der Waals surface area contributed by atoms with Crippen LogP contribution in [0.3, 0.4) is 0 Å². The second-order valence-electron chi connectivity index (χ2n) is 7.87. The fourth-order valence-corrected chi connectivity index (χ4v) is 3.29. The van der Waals surface area contributed by atoms with Gasteiger partial charge < -0.3 is 15.0 Å². The maximum atomic E-state index is 13.1. The minimum absolute atomic E-state index is 0.0513. The molecule has 2 aromatic rings. The zero-order valence-corrected chi connectivity index (χ0v) is 19.4. The number of benzene rings is 2. The summed E-state index contributed by atoms with van der Waals surface area (Å²) < 4.78 is 5.51. The summed E-state index contributed by atoms with van der Waals surface area (Å²) in [5.74, 6) is -0.212. The number of carbonyl (C=O) groups excluding carboxylic acids is 2. The zero-order chi connectivity index (χ0) is 22.6. The van der Waals surface area contributed by atoms with Crippen LogP contribution in [0.5, 0.6) is 0 Å². The molecule has 0 spiro atoms. The summed E-state index contributed by atoms with van der Waals surface area (Å²) in [5, 5.41) is 3.57. The Hall–Kier alpha value is -2.37. The third kappa shape index (κ3) is 9.11. The predicted octanol–water partition coefficient (Wildman–Crippen LogP) is 4.62. The molecule has 0 radical (unpaired) electrons. The minimum atomic E-state index is -0.579. The lowest BCUT2D eigenvalue weighted by Gasteiger charge is -2.29. The van der Waals surface area contributed by atoms with Crippen molar-refractivity contribution in [2.45, 2.75) is 58.7 Å². The highest BCUT2D eigenvalue weighted by Gasteiger charge is 2.25. The molecule has 168 valence electrons. The molecule has 6 heteroatoms. The number of rotatable bonds is 12. The van der Waals surface area contributed by atoms with E-state index < -0.39 is 6.04 Å². The lowest BCUT2D eigenvalue weighted by molar-refractivity contribution is -0.140. The van der Waals surface area contributed by atoms with Crippen molar-refractivity contribution in [2.75, 3.05) is 13.2 Å². The number of hydrogen-bond acceptors (Lipinski definition) is 3. The Morgan fingerprint density at radius 3 is 2.32 bits per heavy atom. The maximum absolute atomic E-state index is 13.1. The van der Waals surface area contributed by atoms with E-state index in [4.69, 9.17) is 16.3 Å². The monoisotopic (exact) mass is 444 g/mol. The van der Waals surface area contributed by atoms with Gasteiger partial charge in [-0.05, 0) is 56.9 Å². The molecule has 0 aliphatic heterocycles. The van der Waals surface area contributed by atoms with Crippen LogP contribution in [-0.4, -0.2) is 42.0 Å². The van der Waals surface area contributed by atoms with Gasteiger partial charge in [0, 0.05) is 31.1 Å². The fourth-order valence-electron chi connectivity index (χ4n) is 3.16. The van der Waals surface area contributed by atoms with Crippen molar-refractivity contribution >= 4 is 23.4 Å². The number of aryl methyl sites for hydroxylation is 1. The topological polar surface area (TPSA) is 58.6 Å². The van der Waals surface area contributed by atoms with E-state index in [1.54, 1.807) is 24.0 Å². The molecule has 1 atom stereocenters. The first-order chi connectivity index (χ1) is 14.9. The molecule has 2 amide bonds. The van der Waals surface area contributed by atoms with Crippen LogP contribution in [0, 0.1) is 0 Å². The number of halogens is 1. The molecule has 31 heavy (non-hydrogen) atoms. The number of carbonyl (C=O) groups is 2. The lowest BCUT2D eigenvalue weighted by atomic mass is 10.1. The Morgan fingerprint density at radius 1 is 1.00 bits per heavy atom. The number of ether oxygens (including phenoxy) is 1. The summed E-state index contributed by atoms with van der Waals surface area (Å²) >= 11 is 5.99. The molecule has 5 nitrogen and oxygen atoms in total. The summed E-state index contributed by atoms with van der Waals surface area (Å²) in [5.41, 5.74) is 2.03. The SMILES string of the molecule is CC(C)OCCCNC(=O)[C@H](C)N(Cc1ccc(Cl)cc1)C(=O)CCc1ccccc1. The van der Waals surface area contributed by atoms with Gasteiger partial charge in [-0.2, -0.15) is 0 Å². The van der Waals surface area contributed by atoms with Crippen LogP contribution in [-0.2, 0) is 27.3 Å². The van der Waals surface area contributed by atoms with Crippen molar-refractivity contribution in [1.29, 1.82) is 0 Å². The van der Waals surface area contributed by atoms with Crippen LogP contribution in [0.15, 0.2) is 54.6 Å². The minimum Gasteiger partial charge on any atom is -0.379 e. The highest BCUT2D eigenvalue weighted by atomic mass is 35.5. The summed E-state index contributed by atoms with van der Waals surface area (Å²) in [6.45, 7) is 7.21. The Bertz CT molecular complexity index is 809. The van der Waals surface area contributed by atoms with Crippen LogP contribution in [0.1, 0.15) is 44.7 Å². The molecular formula is C25H33ClN2O3. The van der Waals surface area contributed by atoms with Crippen LogP contribution in [0.25, 0.3) is 0 Å². The summed E-state index contributed by atoms with van der Waals surface area (Å²) in [6, 6.07) is 16.7. The van der Waals surface area contributed by atoms with E-state index in [-0.39, 0.29) is 17.9 Å². The summed E-state index contributed by atoms with van der Waals surface area (Å²) in [6.07, 6.45) is 1.89. The van der Waals surface area contributed by atoms with Crippen LogP contribution < -0.4 is 5.32 Å². The Labute approximate surface area is 190 Å². The van der Waals surface area contributed by atoms with Gasteiger partial charge in [0.1, 0.15) is 6.04 Å². The average molecular weight is 445 g/mol. The number of amides is 2. The van der Waals surface area contributed by atoms with Crippen LogP contribution in [0.4, 0.5) is 0 Å². The molecule has 0 aliphatic carbocycles. The van der Waals surface area contributed by atoms with Gasteiger partial charge in [0.05, 0.1) is 6.10 Å². The predicted molar refractivity (Wildman–Crippen MR) is 125 cm³/mol. The van der Waals surface area contributed by atoms with E-state index in [1.807, 2.05) is 56.3 Å². The van der Waals surface area contributed by atoms with Crippen LogP contribution in [0.2, 0.25) is 5.02 Å². The highest BCUT2D eigenvalue weighted by Crippen LogP contribution is 2.15. The zero-order valence-electron chi connectivity index (χ0n) is 18.6. The van der Waals surface area contributed by atoms with E-state index in [0.717, 1.165) is 17.5 Å². The van der Waals surface area contributed by atoms with Gasteiger partial charge >= 0.3 is 0 Å². The van der Waals surface area contributed by atoms with E-state index >= 15 is 0 Å². The third-order valence-corrected chi connectivity index (χ3v) is 5.23. The standard InChI is InChI=1S/C25H33ClN2O3/c1-19(2)31-17-7-16-27-25(30)20(3)28(18-22-10-13-23(26)14-11-22)24(29)15-12-21-8-5-4-6-9-21/h4-6,8-11,13-14,19-20H,7,12,15-18H2,1-3H3,(H,27,30)/t20-/m0/s1. The van der Waals surface area contributed by atoms with Crippen molar-refractivity contribution in [3.05, 3.63) is 70.7 Å². The summed E-state index contributed by atoms with van der Waals surface area (Å²) in [4.78, 5) is 27.5. The smallest absolute Gasteiger partial charge is 0.242 e. The van der Waals surface area contributed by atoms with Crippen molar-refractivity contribution < 1.29 is 14.3 Å². The second kappa shape index (κ2) is 13.1.